The summed E-state index contributed by atoms with van der Waals surface area (Å²) < 4.78 is 36.0. The molecular formula is C24H32N4O5S. The fraction of sp³-hybridized carbons (Fsp3) is 0.542. The molecule has 1 aromatic heterocycles. The molecule has 2 aromatic rings. The van der Waals surface area contributed by atoms with Crippen LogP contribution in [0.15, 0.2) is 35.5 Å². The number of amides is 1. The van der Waals surface area contributed by atoms with Crippen LogP contribution in [0.3, 0.4) is 0 Å². The number of fused-ring (bicyclic) bond motifs is 1. The second-order valence-electron chi connectivity index (χ2n) is 8.72. The van der Waals surface area contributed by atoms with Gasteiger partial charge in [0.2, 0.25) is 5.88 Å². The molecule has 2 aliphatic rings. The number of anilines is 2. The number of rotatable bonds is 7. The maximum Gasteiger partial charge on any atom is 0.410 e. The van der Waals surface area contributed by atoms with Crippen molar-refractivity contribution in [3.63, 3.8) is 0 Å². The summed E-state index contributed by atoms with van der Waals surface area (Å²) in [5.41, 5.74) is 1.94. The Morgan fingerprint density at radius 3 is 2.62 bits per heavy atom. The Hall–Kier alpha value is -2.88. The first-order valence-corrected chi connectivity index (χ1v) is 13.5. The highest BCUT2D eigenvalue weighted by atomic mass is 32.2. The number of carbonyl (C=O) groups excluding carboxylic acids is 1. The molecule has 184 valence electrons. The topological polar surface area (TPSA) is 102 Å². The third kappa shape index (κ3) is 5.27. The molecule has 1 fully saturated rings. The predicted molar refractivity (Wildman–Crippen MR) is 128 cm³/mol. The molecule has 0 spiro atoms. The third-order valence-electron chi connectivity index (χ3n) is 6.45. The van der Waals surface area contributed by atoms with Gasteiger partial charge in [-0.3, -0.25) is 0 Å². The van der Waals surface area contributed by atoms with Crippen molar-refractivity contribution in [2.45, 2.75) is 63.6 Å². The predicted octanol–water partition coefficient (Wildman–Crippen LogP) is 3.74. The molecule has 4 rings (SSSR count). The van der Waals surface area contributed by atoms with Crippen molar-refractivity contribution in [2.24, 2.45) is 0 Å². The largest absolute Gasteiger partial charge is 0.474 e. The van der Waals surface area contributed by atoms with Gasteiger partial charge >= 0.3 is 6.09 Å². The van der Waals surface area contributed by atoms with Crippen LogP contribution in [-0.2, 0) is 21.0 Å². The minimum absolute atomic E-state index is 0.0388. The van der Waals surface area contributed by atoms with Crippen LogP contribution in [0.1, 0.15) is 45.6 Å². The number of nitrogens with zero attached hydrogens (tertiary/aromatic N) is 4. The van der Waals surface area contributed by atoms with E-state index in [2.05, 4.69) is 14.9 Å². The summed E-state index contributed by atoms with van der Waals surface area (Å²) in [6.07, 6.45) is 4.04. The van der Waals surface area contributed by atoms with E-state index >= 15 is 0 Å². The van der Waals surface area contributed by atoms with E-state index < -0.39 is 9.84 Å². The van der Waals surface area contributed by atoms with Crippen LogP contribution in [0.2, 0.25) is 0 Å². The zero-order chi connectivity index (χ0) is 24.3. The van der Waals surface area contributed by atoms with Gasteiger partial charge in [-0.2, -0.15) is 0 Å². The van der Waals surface area contributed by atoms with Gasteiger partial charge in [-0.15, -0.1) is 0 Å². The van der Waals surface area contributed by atoms with Crippen LogP contribution >= 0.6 is 0 Å². The van der Waals surface area contributed by atoms with Crippen LogP contribution in [0.4, 0.5) is 16.3 Å². The zero-order valence-electron chi connectivity index (χ0n) is 19.9. The first kappa shape index (κ1) is 24.3. The van der Waals surface area contributed by atoms with E-state index in [0.29, 0.717) is 49.1 Å². The molecule has 3 heterocycles. The van der Waals surface area contributed by atoms with Gasteiger partial charge in [0.1, 0.15) is 24.4 Å². The molecule has 0 bridgehead atoms. The van der Waals surface area contributed by atoms with Crippen LogP contribution in [-0.4, -0.2) is 67.0 Å². The summed E-state index contributed by atoms with van der Waals surface area (Å²) in [6, 6.07) is 7.10. The van der Waals surface area contributed by atoms with E-state index in [1.54, 1.807) is 24.0 Å². The lowest BCUT2D eigenvalue weighted by molar-refractivity contribution is 0.0452. The highest BCUT2D eigenvalue weighted by Crippen LogP contribution is 2.36. The quantitative estimate of drug-likeness (QED) is 0.581. The molecule has 1 atom stereocenters. The van der Waals surface area contributed by atoms with Crippen LogP contribution < -0.4 is 9.64 Å². The van der Waals surface area contributed by atoms with Crippen molar-refractivity contribution in [1.29, 1.82) is 0 Å². The van der Waals surface area contributed by atoms with Gasteiger partial charge in [0, 0.05) is 44.2 Å². The van der Waals surface area contributed by atoms with Gasteiger partial charge in [0.05, 0.1) is 10.6 Å². The summed E-state index contributed by atoms with van der Waals surface area (Å²) in [6.45, 7) is 7.41. The molecule has 10 heteroatoms. The summed E-state index contributed by atoms with van der Waals surface area (Å²) >= 11 is 0. The number of piperidine rings is 1. The summed E-state index contributed by atoms with van der Waals surface area (Å²) in [4.78, 5) is 25.1. The maximum absolute atomic E-state index is 12.2. The van der Waals surface area contributed by atoms with E-state index in [4.69, 9.17) is 9.47 Å². The second kappa shape index (κ2) is 10.2. The van der Waals surface area contributed by atoms with Crippen molar-refractivity contribution in [3.8, 4) is 5.88 Å². The zero-order valence-corrected chi connectivity index (χ0v) is 20.8. The molecule has 0 aliphatic carbocycles. The molecule has 1 saturated heterocycles. The van der Waals surface area contributed by atoms with Crippen molar-refractivity contribution in [3.05, 3.63) is 36.2 Å². The molecule has 1 amide bonds. The second-order valence-corrected chi connectivity index (χ2v) is 11.0. The SMILES string of the molecule is CCC(C)OC(=O)N1CCC(Oc2cc(N3CCc4cc(S(=O)(=O)CC)ccc43)ncn2)CC1. The molecule has 0 radical (unpaired) electrons. The van der Waals surface area contributed by atoms with Crippen LogP contribution in [0, 0.1) is 0 Å². The van der Waals surface area contributed by atoms with Crippen LogP contribution in [0.25, 0.3) is 0 Å². The van der Waals surface area contributed by atoms with Gasteiger partial charge in [0.25, 0.3) is 0 Å². The van der Waals surface area contributed by atoms with E-state index in [1.807, 2.05) is 26.0 Å². The normalized spacial score (nSPS) is 17.4. The Kier molecular flexibility index (Phi) is 7.25. The third-order valence-corrected chi connectivity index (χ3v) is 8.19. The number of aromatic nitrogens is 2. The van der Waals surface area contributed by atoms with Crippen molar-refractivity contribution in [1.82, 2.24) is 14.9 Å². The number of hydrogen-bond donors (Lipinski definition) is 0. The molecule has 0 saturated carbocycles. The Morgan fingerprint density at radius 2 is 1.91 bits per heavy atom. The molecule has 1 unspecified atom stereocenters. The molecular weight excluding hydrogens is 456 g/mol. The fourth-order valence-corrected chi connectivity index (χ4v) is 5.11. The van der Waals surface area contributed by atoms with Gasteiger partial charge in [-0.1, -0.05) is 13.8 Å². The molecule has 34 heavy (non-hydrogen) atoms. The Balaban J connectivity index is 1.39. The number of likely N-dealkylation sites (tertiary alicyclic amines) is 1. The molecule has 2 aliphatic heterocycles. The smallest absolute Gasteiger partial charge is 0.410 e. The fourth-order valence-electron chi connectivity index (χ4n) is 4.18. The first-order valence-electron chi connectivity index (χ1n) is 11.9. The van der Waals surface area contributed by atoms with Crippen LogP contribution in [0.5, 0.6) is 5.88 Å². The average molecular weight is 489 g/mol. The number of carbonyl (C=O) groups is 1. The van der Waals surface area contributed by atoms with Crippen molar-refractivity contribution < 1.29 is 22.7 Å². The monoisotopic (exact) mass is 488 g/mol. The maximum atomic E-state index is 12.2. The lowest BCUT2D eigenvalue weighted by Crippen LogP contribution is -2.42. The molecule has 0 N–H and O–H groups in total. The van der Waals surface area contributed by atoms with E-state index in [1.165, 1.54) is 6.33 Å². The van der Waals surface area contributed by atoms with E-state index in [9.17, 15) is 13.2 Å². The minimum atomic E-state index is -3.24. The van der Waals surface area contributed by atoms with E-state index in [-0.39, 0.29) is 24.1 Å². The Labute approximate surface area is 201 Å². The molecule has 9 nitrogen and oxygen atoms in total. The van der Waals surface area contributed by atoms with Gasteiger partial charge in [-0.25, -0.2) is 23.2 Å². The van der Waals surface area contributed by atoms with Gasteiger partial charge < -0.3 is 19.3 Å². The highest BCUT2D eigenvalue weighted by Gasteiger charge is 2.27. The lowest BCUT2D eigenvalue weighted by Gasteiger charge is -2.32. The first-order chi connectivity index (χ1) is 16.3. The highest BCUT2D eigenvalue weighted by molar-refractivity contribution is 7.91. The summed E-state index contributed by atoms with van der Waals surface area (Å²) in [5.74, 6) is 1.29. The standard InChI is InChI=1S/C24H32N4O5S/c1-4-17(3)32-24(29)27-11-9-19(10-12-27)33-23-15-22(25-16-26-23)28-13-8-18-14-20(6-7-21(18)28)34(30,31)5-2/h6-7,14-17,19H,4-5,8-13H2,1-3H3. The molecule has 1 aromatic carbocycles. The van der Waals surface area contributed by atoms with Gasteiger partial charge in [0.15, 0.2) is 9.84 Å². The number of hydrogen-bond acceptors (Lipinski definition) is 8. The average Bonchev–Trinajstić information content (AvgIpc) is 3.28. The number of benzene rings is 1. The van der Waals surface area contributed by atoms with Crippen molar-refractivity contribution in [2.75, 3.05) is 30.3 Å². The number of sulfone groups is 1. The Bertz CT molecular complexity index is 1130. The van der Waals surface area contributed by atoms with Gasteiger partial charge in [-0.05, 0) is 43.5 Å². The minimum Gasteiger partial charge on any atom is -0.474 e. The Morgan fingerprint density at radius 1 is 1.15 bits per heavy atom. The van der Waals surface area contributed by atoms with E-state index in [0.717, 1.165) is 24.1 Å². The number of ether oxygens (including phenoxy) is 2. The van der Waals surface area contributed by atoms with Crippen molar-refractivity contribution >= 4 is 27.4 Å². The summed E-state index contributed by atoms with van der Waals surface area (Å²) in [5, 5.41) is 0. The summed E-state index contributed by atoms with van der Waals surface area (Å²) in [7, 11) is -3.24. The lowest BCUT2D eigenvalue weighted by atomic mass is 10.1.